The Morgan fingerprint density at radius 2 is 1.65 bits per heavy atom. The lowest BCUT2D eigenvalue weighted by molar-refractivity contribution is 0.372. The predicted molar refractivity (Wildman–Crippen MR) is 100.0 cm³/mol. The van der Waals surface area contributed by atoms with E-state index in [2.05, 4.69) is 6.92 Å². The van der Waals surface area contributed by atoms with Crippen LogP contribution in [0.4, 0.5) is 4.39 Å². The third-order valence-electron chi connectivity index (χ3n) is 4.49. The molecule has 0 aliphatic heterocycles. The molecule has 26 heavy (non-hydrogen) atoms. The Labute approximate surface area is 154 Å². The number of aryl methyl sites for hydroxylation is 2. The van der Waals surface area contributed by atoms with Crippen LogP contribution in [-0.2, 0) is 22.7 Å². The standard InChI is InChI=1S/C20H25FO4S/c1-14(5-7-16-8-10-18(22)19(13-16)25-2)4-6-15-9-11-20(17(21)12-15)26(3,23)24/h8-14,22H,4-7H2,1-3H3. The number of phenolic OH excluding ortho intramolecular Hbond substituents is 1. The van der Waals surface area contributed by atoms with Crippen molar-refractivity contribution >= 4 is 9.84 Å². The maximum Gasteiger partial charge on any atom is 0.178 e. The molecule has 0 fully saturated rings. The molecule has 0 bridgehead atoms. The van der Waals surface area contributed by atoms with Crippen LogP contribution in [0.15, 0.2) is 41.3 Å². The summed E-state index contributed by atoms with van der Waals surface area (Å²) < 4.78 is 42.0. The predicted octanol–water partition coefficient (Wildman–Crippen LogP) is 4.14. The lowest BCUT2D eigenvalue weighted by Crippen LogP contribution is -2.03. The van der Waals surface area contributed by atoms with Gasteiger partial charge in [0.2, 0.25) is 0 Å². The molecule has 0 heterocycles. The van der Waals surface area contributed by atoms with Gasteiger partial charge in [-0.2, -0.15) is 0 Å². The van der Waals surface area contributed by atoms with Crippen LogP contribution in [0.3, 0.4) is 0 Å². The number of rotatable bonds is 8. The van der Waals surface area contributed by atoms with E-state index in [4.69, 9.17) is 4.74 Å². The van der Waals surface area contributed by atoms with Crippen molar-refractivity contribution in [1.29, 1.82) is 0 Å². The van der Waals surface area contributed by atoms with Crippen LogP contribution in [0.5, 0.6) is 11.5 Å². The van der Waals surface area contributed by atoms with Gasteiger partial charge in [0, 0.05) is 6.26 Å². The van der Waals surface area contributed by atoms with E-state index < -0.39 is 15.7 Å². The molecule has 0 aliphatic rings. The van der Waals surface area contributed by atoms with Crippen molar-refractivity contribution in [2.45, 2.75) is 37.5 Å². The molecule has 6 heteroatoms. The molecule has 4 nitrogen and oxygen atoms in total. The molecule has 0 spiro atoms. The molecule has 0 aliphatic carbocycles. The van der Waals surface area contributed by atoms with Crippen LogP contribution in [0.1, 0.15) is 30.9 Å². The zero-order valence-corrected chi connectivity index (χ0v) is 16.1. The van der Waals surface area contributed by atoms with Crippen LogP contribution in [-0.4, -0.2) is 26.9 Å². The summed E-state index contributed by atoms with van der Waals surface area (Å²) in [5.41, 5.74) is 1.89. The fraction of sp³-hybridized carbons (Fsp3) is 0.400. The first-order valence-electron chi connectivity index (χ1n) is 8.55. The van der Waals surface area contributed by atoms with Gasteiger partial charge in [0.05, 0.1) is 7.11 Å². The molecule has 0 saturated carbocycles. The zero-order chi connectivity index (χ0) is 19.3. The highest BCUT2D eigenvalue weighted by Gasteiger charge is 2.14. The molecule has 142 valence electrons. The van der Waals surface area contributed by atoms with Crippen molar-refractivity contribution in [2.75, 3.05) is 13.4 Å². The zero-order valence-electron chi connectivity index (χ0n) is 15.3. The van der Waals surface area contributed by atoms with Crippen molar-refractivity contribution in [3.8, 4) is 11.5 Å². The molecule has 1 unspecified atom stereocenters. The van der Waals surface area contributed by atoms with Gasteiger partial charge < -0.3 is 9.84 Å². The van der Waals surface area contributed by atoms with Gasteiger partial charge in [0.1, 0.15) is 10.7 Å². The molecule has 1 atom stereocenters. The largest absolute Gasteiger partial charge is 0.504 e. The summed E-state index contributed by atoms with van der Waals surface area (Å²) in [6.45, 7) is 2.14. The Hall–Kier alpha value is -2.08. The van der Waals surface area contributed by atoms with Crippen LogP contribution >= 0.6 is 0 Å². The quantitative estimate of drug-likeness (QED) is 0.747. The van der Waals surface area contributed by atoms with E-state index in [9.17, 15) is 17.9 Å². The van der Waals surface area contributed by atoms with E-state index in [1.165, 1.54) is 19.2 Å². The second kappa shape index (κ2) is 8.54. The molecule has 0 radical (unpaired) electrons. The molecule has 0 aromatic heterocycles. The number of ether oxygens (including phenoxy) is 1. The van der Waals surface area contributed by atoms with Gasteiger partial charge >= 0.3 is 0 Å². The number of phenols is 1. The molecule has 0 amide bonds. The maximum absolute atomic E-state index is 13.9. The highest BCUT2D eigenvalue weighted by molar-refractivity contribution is 7.90. The fourth-order valence-electron chi connectivity index (χ4n) is 2.85. The topological polar surface area (TPSA) is 63.6 Å². The summed E-state index contributed by atoms with van der Waals surface area (Å²) in [5, 5.41) is 9.62. The molecule has 2 rings (SSSR count). The van der Waals surface area contributed by atoms with E-state index >= 15 is 0 Å². The highest BCUT2D eigenvalue weighted by atomic mass is 32.2. The lowest BCUT2D eigenvalue weighted by Gasteiger charge is -2.13. The van der Waals surface area contributed by atoms with Gasteiger partial charge in [0.25, 0.3) is 0 Å². The van der Waals surface area contributed by atoms with E-state index in [1.54, 1.807) is 12.1 Å². The summed E-state index contributed by atoms with van der Waals surface area (Å²) in [4.78, 5) is -0.254. The number of benzene rings is 2. The van der Waals surface area contributed by atoms with Gasteiger partial charge in [-0.1, -0.05) is 19.1 Å². The average molecular weight is 380 g/mol. The summed E-state index contributed by atoms with van der Waals surface area (Å²) in [6, 6.07) is 9.68. The second-order valence-corrected chi connectivity index (χ2v) is 8.71. The first-order valence-corrected chi connectivity index (χ1v) is 10.4. The van der Waals surface area contributed by atoms with Gasteiger partial charge in [0.15, 0.2) is 21.3 Å². The molecule has 2 aromatic rings. The summed E-state index contributed by atoms with van der Waals surface area (Å²) in [5.74, 6) is 0.335. The number of aromatic hydroxyl groups is 1. The van der Waals surface area contributed by atoms with Gasteiger partial charge in [-0.25, -0.2) is 12.8 Å². The monoisotopic (exact) mass is 380 g/mol. The van der Waals surface area contributed by atoms with Crippen LogP contribution in [0, 0.1) is 11.7 Å². The summed E-state index contributed by atoms with van der Waals surface area (Å²) >= 11 is 0. The first-order chi connectivity index (χ1) is 12.2. The van der Waals surface area contributed by atoms with Crippen LogP contribution < -0.4 is 4.74 Å². The minimum absolute atomic E-state index is 0.129. The number of methoxy groups -OCH3 is 1. The Morgan fingerprint density at radius 1 is 1.08 bits per heavy atom. The first kappa shape index (κ1) is 20.2. The number of halogens is 1. The van der Waals surface area contributed by atoms with Crippen molar-refractivity contribution in [2.24, 2.45) is 5.92 Å². The molecular weight excluding hydrogens is 355 g/mol. The van der Waals surface area contributed by atoms with Crippen LogP contribution in [0.2, 0.25) is 0 Å². The van der Waals surface area contributed by atoms with Crippen molar-refractivity contribution < 1.29 is 22.7 Å². The molecular formula is C20H25FO4S. The fourth-order valence-corrected chi connectivity index (χ4v) is 3.58. The lowest BCUT2D eigenvalue weighted by atomic mass is 9.94. The summed E-state index contributed by atoms with van der Waals surface area (Å²) in [6.07, 6.45) is 4.40. The Bertz CT molecular complexity index is 862. The number of hydrogen-bond donors (Lipinski definition) is 1. The number of sulfone groups is 1. The second-order valence-electron chi connectivity index (χ2n) is 6.73. The van der Waals surface area contributed by atoms with Gasteiger partial charge in [-0.05, 0) is 67.0 Å². The molecule has 0 saturated heterocycles. The third kappa shape index (κ3) is 5.46. The summed E-state index contributed by atoms with van der Waals surface area (Å²) in [7, 11) is -2.01. The molecule has 1 N–H and O–H groups in total. The smallest absolute Gasteiger partial charge is 0.178 e. The van der Waals surface area contributed by atoms with Crippen molar-refractivity contribution in [3.05, 3.63) is 53.3 Å². The Balaban J connectivity index is 1.89. The maximum atomic E-state index is 13.9. The van der Waals surface area contributed by atoms with Crippen molar-refractivity contribution in [1.82, 2.24) is 0 Å². The van der Waals surface area contributed by atoms with E-state index in [0.29, 0.717) is 18.1 Å². The van der Waals surface area contributed by atoms with Crippen LogP contribution in [0.25, 0.3) is 0 Å². The molecule has 2 aromatic carbocycles. The Morgan fingerprint density at radius 3 is 2.19 bits per heavy atom. The van der Waals surface area contributed by atoms with Gasteiger partial charge in [-0.15, -0.1) is 0 Å². The van der Waals surface area contributed by atoms with Crippen molar-refractivity contribution in [3.63, 3.8) is 0 Å². The number of hydrogen-bond acceptors (Lipinski definition) is 4. The van der Waals surface area contributed by atoms with E-state index in [1.807, 2.05) is 12.1 Å². The van der Waals surface area contributed by atoms with Gasteiger partial charge in [-0.3, -0.25) is 0 Å². The minimum atomic E-state index is -3.53. The SMILES string of the molecule is COc1cc(CCC(C)CCc2ccc(S(C)(=O)=O)c(F)c2)ccc1O. The van der Waals surface area contributed by atoms with E-state index in [-0.39, 0.29) is 10.6 Å². The Kier molecular flexibility index (Phi) is 6.64. The normalized spacial score (nSPS) is 12.8. The minimum Gasteiger partial charge on any atom is -0.504 e. The average Bonchev–Trinajstić information content (AvgIpc) is 2.58. The third-order valence-corrected chi connectivity index (χ3v) is 5.62. The van der Waals surface area contributed by atoms with E-state index in [0.717, 1.165) is 36.6 Å². The highest BCUT2D eigenvalue weighted by Crippen LogP contribution is 2.27.